The van der Waals surface area contributed by atoms with Crippen LogP contribution >= 0.6 is 0 Å². The molecule has 0 fully saturated rings. The summed E-state index contributed by atoms with van der Waals surface area (Å²) in [6.45, 7) is 0. The smallest absolute Gasteiger partial charge is 0.129 e. The molecule has 16 heavy (non-hydrogen) atoms. The van der Waals surface area contributed by atoms with Gasteiger partial charge in [0.15, 0.2) is 0 Å². The van der Waals surface area contributed by atoms with E-state index in [1.54, 1.807) is 36.4 Å². The van der Waals surface area contributed by atoms with Crippen molar-refractivity contribution >= 4 is 0 Å². The van der Waals surface area contributed by atoms with Crippen LogP contribution in [-0.2, 0) is 6.40 Å². The number of aliphatic hydroxyl groups excluding tert-OH is 1. The predicted octanol–water partition coefficient (Wildman–Crippen LogP) is 3.10. The molecule has 0 aliphatic rings. The Balaban J connectivity index is 2.27. The summed E-state index contributed by atoms with van der Waals surface area (Å²) in [6.07, 6.45) is -2.04. The Morgan fingerprint density at radius 3 is 2.38 bits per heavy atom. The largest absolute Gasteiger partial charge is 0.388 e. The van der Waals surface area contributed by atoms with Gasteiger partial charge in [0.1, 0.15) is 5.82 Å². The number of halogens is 1. The molecule has 1 N–H and O–H groups in total. The van der Waals surface area contributed by atoms with E-state index in [1.165, 1.54) is 12.1 Å². The van der Waals surface area contributed by atoms with Gasteiger partial charge in [-0.3, -0.25) is 0 Å². The van der Waals surface area contributed by atoms with Crippen LogP contribution in [0.15, 0.2) is 54.6 Å². The van der Waals surface area contributed by atoms with Crippen LogP contribution in [0.4, 0.5) is 4.39 Å². The van der Waals surface area contributed by atoms with E-state index in [1.807, 2.05) is 6.07 Å². The molecule has 0 bridgehead atoms. The van der Waals surface area contributed by atoms with Gasteiger partial charge in [-0.2, -0.15) is 0 Å². The summed E-state index contributed by atoms with van der Waals surface area (Å²) in [5, 5.41) is 10.00. The monoisotopic (exact) mass is 217 g/mol. The van der Waals surface area contributed by atoms with Crippen molar-refractivity contribution in [2.24, 2.45) is 0 Å². The van der Waals surface area contributed by atoms with Crippen molar-refractivity contribution in [2.75, 3.05) is 0 Å². The Labute approximate surface area is 95.6 Å². The second-order valence-electron chi connectivity index (χ2n) is 3.54. The van der Waals surface area contributed by atoms with Crippen molar-refractivity contribution in [2.45, 2.75) is 12.5 Å². The third-order valence-corrected chi connectivity index (χ3v) is 2.37. The molecule has 0 amide bonds. The first-order valence-electron chi connectivity index (χ1n) is 5.67. The van der Waals surface area contributed by atoms with Gasteiger partial charge in [-0.05, 0) is 11.6 Å². The molecule has 0 heterocycles. The maximum Gasteiger partial charge on any atom is 0.129 e. The number of hydrogen-bond donors (Lipinski definition) is 1. The van der Waals surface area contributed by atoms with Crippen LogP contribution in [0.2, 0.25) is 0 Å². The zero-order chi connectivity index (χ0) is 12.3. The molecule has 0 saturated carbocycles. The molecule has 0 aliphatic heterocycles. The molecule has 2 aromatic rings. The van der Waals surface area contributed by atoms with E-state index in [0.717, 1.165) is 0 Å². The van der Waals surface area contributed by atoms with Gasteiger partial charge in [0.2, 0.25) is 0 Å². The van der Waals surface area contributed by atoms with Crippen molar-refractivity contribution in [3.05, 3.63) is 71.5 Å². The van der Waals surface area contributed by atoms with Crippen LogP contribution in [-0.4, -0.2) is 5.11 Å². The summed E-state index contributed by atoms with van der Waals surface area (Å²) in [5.74, 6) is -0.479. The molecule has 1 nitrogen and oxygen atoms in total. The Morgan fingerprint density at radius 1 is 1.06 bits per heavy atom. The van der Waals surface area contributed by atoms with Gasteiger partial charge >= 0.3 is 0 Å². The maximum absolute atomic E-state index is 13.5. The number of aliphatic hydroxyl groups is 1. The number of rotatable bonds is 3. The topological polar surface area (TPSA) is 20.2 Å². The lowest BCUT2D eigenvalue weighted by atomic mass is 10.0. The van der Waals surface area contributed by atoms with Crippen molar-refractivity contribution in [3.63, 3.8) is 0 Å². The molecular weight excluding hydrogens is 203 g/mol. The zero-order valence-corrected chi connectivity index (χ0v) is 8.68. The zero-order valence-electron chi connectivity index (χ0n) is 9.68. The Morgan fingerprint density at radius 2 is 1.69 bits per heavy atom. The molecule has 82 valence electrons. The van der Waals surface area contributed by atoms with E-state index < -0.39 is 18.3 Å². The van der Waals surface area contributed by atoms with Crippen molar-refractivity contribution in [1.29, 1.82) is 0 Å². The molecule has 0 aliphatic carbocycles. The second-order valence-corrected chi connectivity index (χ2v) is 3.54. The molecule has 2 rings (SSSR count). The minimum absolute atomic E-state index is 0.163. The summed E-state index contributed by atoms with van der Waals surface area (Å²) in [7, 11) is 0. The van der Waals surface area contributed by atoms with Gasteiger partial charge in [0.25, 0.3) is 0 Å². The van der Waals surface area contributed by atoms with Crippen molar-refractivity contribution in [1.82, 2.24) is 0 Å². The van der Waals surface area contributed by atoms with E-state index >= 15 is 0 Å². The molecule has 0 saturated heterocycles. The summed E-state index contributed by atoms with van der Waals surface area (Å²) in [6, 6.07) is 14.9. The maximum atomic E-state index is 13.5. The minimum Gasteiger partial charge on any atom is -0.388 e. The summed E-state index contributed by atoms with van der Waals surface area (Å²) >= 11 is 0. The second kappa shape index (κ2) is 4.90. The fraction of sp³-hybridized carbons (Fsp3) is 0.143. The van der Waals surface area contributed by atoms with E-state index in [4.69, 9.17) is 1.37 Å². The first-order valence-corrected chi connectivity index (χ1v) is 5.10. The minimum atomic E-state index is -1.15. The molecule has 2 atom stereocenters. The number of benzene rings is 2. The molecule has 0 aromatic heterocycles. The molecular formula is C14H13FO. The lowest BCUT2D eigenvalue weighted by Crippen LogP contribution is -2.03. The first kappa shape index (κ1) is 9.55. The van der Waals surface area contributed by atoms with Gasteiger partial charge in [-0.1, -0.05) is 48.5 Å². The fourth-order valence-corrected chi connectivity index (χ4v) is 1.55. The summed E-state index contributed by atoms with van der Waals surface area (Å²) in [5.41, 5.74) is 0.833. The average Bonchev–Trinajstić information content (AvgIpc) is 2.39. The van der Waals surface area contributed by atoms with E-state index in [0.29, 0.717) is 5.56 Å². The highest BCUT2D eigenvalue weighted by Gasteiger charge is 2.12. The third kappa shape index (κ3) is 2.47. The average molecular weight is 217 g/mol. The lowest BCUT2D eigenvalue weighted by molar-refractivity contribution is 0.173. The molecule has 2 unspecified atom stereocenters. The highest BCUT2D eigenvalue weighted by Crippen LogP contribution is 2.20. The van der Waals surface area contributed by atoms with Crippen LogP contribution < -0.4 is 0 Å². The van der Waals surface area contributed by atoms with Gasteiger partial charge < -0.3 is 5.11 Å². The number of hydrogen-bond acceptors (Lipinski definition) is 1. The van der Waals surface area contributed by atoms with E-state index in [9.17, 15) is 9.50 Å². The third-order valence-electron chi connectivity index (χ3n) is 2.37. The molecule has 2 heteroatoms. The lowest BCUT2D eigenvalue weighted by Gasteiger charge is -2.11. The van der Waals surface area contributed by atoms with Crippen LogP contribution in [0, 0.1) is 5.82 Å². The van der Waals surface area contributed by atoms with Gasteiger partial charge in [-0.15, -0.1) is 0 Å². The standard InChI is InChI=1S/C14H13FO/c15-13-9-5-4-8-12(13)14(16)10-11-6-2-1-3-7-11/h1-9,14,16H,10H2/i10D. The van der Waals surface area contributed by atoms with Crippen LogP contribution in [0.1, 0.15) is 18.6 Å². The Bertz CT molecular complexity index is 487. The molecule has 0 radical (unpaired) electrons. The Kier molecular flexibility index (Phi) is 2.93. The highest BCUT2D eigenvalue weighted by molar-refractivity contribution is 5.23. The van der Waals surface area contributed by atoms with Crippen LogP contribution in [0.25, 0.3) is 0 Å². The van der Waals surface area contributed by atoms with Gasteiger partial charge in [0, 0.05) is 13.3 Å². The fourth-order valence-electron chi connectivity index (χ4n) is 1.55. The van der Waals surface area contributed by atoms with Gasteiger partial charge in [-0.25, -0.2) is 4.39 Å². The van der Waals surface area contributed by atoms with E-state index in [-0.39, 0.29) is 5.56 Å². The van der Waals surface area contributed by atoms with Crippen LogP contribution in [0.5, 0.6) is 0 Å². The summed E-state index contributed by atoms with van der Waals surface area (Å²) in [4.78, 5) is 0. The first-order chi connectivity index (χ1) is 8.20. The van der Waals surface area contributed by atoms with Crippen molar-refractivity contribution in [3.8, 4) is 0 Å². The Hall–Kier alpha value is -1.67. The quantitative estimate of drug-likeness (QED) is 0.837. The summed E-state index contributed by atoms with van der Waals surface area (Å²) < 4.78 is 21.4. The molecule has 2 aromatic carbocycles. The molecule has 0 spiro atoms. The van der Waals surface area contributed by atoms with Crippen molar-refractivity contribution < 1.29 is 10.9 Å². The predicted molar refractivity (Wildman–Crippen MR) is 61.5 cm³/mol. The normalized spacial score (nSPS) is 15.2. The van der Waals surface area contributed by atoms with E-state index in [2.05, 4.69) is 0 Å². The van der Waals surface area contributed by atoms with Gasteiger partial charge in [0.05, 0.1) is 6.10 Å². The van der Waals surface area contributed by atoms with Crippen LogP contribution in [0.3, 0.4) is 0 Å². The SMILES string of the molecule is [2H]C(c1ccccc1)C(O)c1ccccc1F. The highest BCUT2D eigenvalue weighted by atomic mass is 19.1.